The fourth-order valence-corrected chi connectivity index (χ4v) is 3.57. The standard InChI is InChI=1S/C21H26N4O4/c1-5-24-14-16(29-20-9-7-6-8-19(20)24)13-23(4)21(26)17-12-15(25(27)28)10-11-18(17)22(2)3/h6-12,16H,5,13-14H2,1-4H3/t16-/m0/s1. The topological polar surface area (TPSA) is 79.2 Å². The van der Waals surface area contributed by atoms with Crippen LogP contribution in [0.25, 0.3) is 0 Å². The van der Waals surface area contributed by atoms with Crippen molar-refractivity contribution < 1.29 is 14.5 Å². The Kier molecular flexibility index (Phi) is 5.91. The van der Waals surface area contributed by atoms with Gasteiger partial charge in [-0.3, -0.25) is 14.9 Å². The highest BCUT2D eigenvalue weighted by molar-refractivity contribution is 6.00. The molecule has 2 aromatic carbocycles. The molecule has 0 unspecified atom stereocenters. The van der Waals surface area contributed by atoms with Crippen molar-refractivity contribution in [1.82, 2.24) is 4.90 Å². The molecule has 3 rings (SSSR count). The van der Waals surface area contributed by atoms with E-state index in [1.54, 1.807) is 37.0 Å². The quantitative estimate of drug-likeness (QED) is 0.550. The Hall–Kier alpha value is -3.29. The number of anilines is 2. The number of ether oxygens (including phenoxy) is 1. The summed E-state index contributed by atoms with van der Waals surface area (Å²) >= 11 is 0. The van der Waals surface area contributed by atoms with Crippen LogP contribution < -0.4 is 14.5 Å². The fraction of sp³-hybridized carbons (Fsp3) is 0.381. The molecule has 0 aliphatic carbocycles. The minimum absolute atomic E-state index is 0.104. The first-order valence-electron chi connectivity index (χ1n) is 9.53. The Morgan fingerprint density at radius 1 is 1.24 bits per heavy atom. The van der Waals surface area contributed by atoms with Crippen LogP contribution in [0.1, 0.15) is 17.3 Å². The average Bonchev–Trinajstić information content (AvgIpc) is 2.71. The van der Waals surface area contributed by atoms with Crippen molar-refractivity contribution in [3.63, 3.8) is 0 Å². The molecule has 0 saturated heterocycles. The first kappa shape index (κ1) is 20.4. The lowest BCUT2D eigenvalue weighted by Gasteiger charge is -2.37. The van der Waals surface area contributed by atoms with Gasteiger partial charge in [-0.05, 0) is 25.1 Å². The average molecular weight is 398 g/mol. The predicted molar refractivity (Wildman–Crippen MR) is 113 cm³/mol. The molecule has 1 aliphatic rings. The molecule has 8 heteroatoms. The zero-order chi connectivity index (χ0) is 21.1. The maximum absolute atomic E-state index is 13.1. The molecule has 2 aromatic rings. The minimum atomic E-state index is -0.490. The number of rotatable bonds is 6. The Balaban J connectivity index is 1.81. The number of benzene rings is 2. The molecule has 0 spiro atoms. The van der Waals surface area contributed by atoms with E-state index < -0.39 is 4.92 Å². The summed E-state index contributed by atoms with van der Waals surface area (Å²) in [5, 5.41) is 11.2. The molecule has 29 heavy (non-hydrogen) atoms. The number of hydrogen-bond acceptors (Lipinski definition) is 6. The fourth-order valence-electron chi connectivity index (χ4n) is 3.57. The molecule has 0 fully saturated rings. The summed E-state index contributed by atoms with van der Waals surface area (Å²) in [6.45, 7) is 3.96. The van der Waals surface area contributed by atoms with Crippen LogP contribution in [0.4, 0.5) is 17.1 Å². The largest absolute Gasteiger partial charge is 0.485 e. The molecule has 8 nitrogen and oxygen atoms in total. The number of likely N-dealkylation sites (N-methyl/N-ethyl adjacent to an activating group) is 2. The van der Waals surface area contributed by atoms with Gasteiger partial charge in [-0.25, -0.2) is 0 Å². The van der Waals surface area contributed by atoms with E-state index in [4.69, 9.17) is 4.74 Å². The van der Waals surface area contributed by atoms with Crippen molar-refractivity contribution in [3.05, 3.63) is 58.1 Å². The lowest BCUT2D eigenvalue weighted by molar-refractivity contribution is -0.384. The first-order valence-corrected chi connectivity index (χ1v) is 9.53. The number of nitrogens with zero attached hydrogens (tertiary/aromatic N) is 4. The number of non-ortho nitro benzene ring substituents is 1. The van der Waals surface area contributed by atoms with E-state index in [0.29, 0.717) is 24.3 Å². The SMILES string of the molecule is CCN1C[C@H](CN(C)C(=O)c2cc([N+](=O)[O-])ccc2N(C)C)Oc2ccccc21. The summed E-state index contributed by atoms with van der Waals surface area (Å²) < 4.78 is 6.11. The molecular weight excluding hydrogens is 372 g/mol. The van der Waals surface area contributed by atoms with E-state index >= 15 is 0 Å². The van der Waals surface area contributed by atoms with E-state index in [1.807, 2.05) is 24.3 Å². The highest BCUT2D eigenvalue weighted by Gasteiger charge is 2.28. The maximum Gasteiger partial charge on any atom is 0.270 e. The maximum atomic E-state index is 13.1. The monoisotopic (exact) mass is 398 g/mol. The summed E-state index contributed by atoms with van der Waals surface area (Å²) in [6.07, 6.45) is -0.194. The second-order valence-electron chi connectivity index (χ2n) is 7.28. The Morgan fingerprint density at radius 3 is 2.62 bits per heavy atom. The first-order chi connectivity index (χ1) is 13.8. The van der Waals surface area contributed by atoms with E-state index in [1.165, 1.54) is 12.1 Å². The normalized spacial score (nSPS) is 15.3. The molecule has 0 saturated carbocycles. The van der Waals surface area contributed by atoms with Gasteiger partial charge >= 0.3 is 0 Å². The third kappa shape index (κ3) is 4.26. The number of para-hydroxylation sites is 2. The van der Waals surface area contributed by atoms with Crippen LogP contribution in [0.2, 0.25) is 0 Å². The van der Waals surface area contributed by atoms with Crippen LogP contribution in [0.15, 0.2) is 42.5 Å². The molecule has 0 radical (unpaired) electrons. The summed E-state index contributed by atoms with van der Waals surface area (Å²) in [7, 11) is 5.30. The second kappa shape index (κ2) is 8.38. The van der Waals surface area contributed by atoms with E-state index in [2.05, 4.69) is 11.8 Å². The van der Waals surface area contributed by atoms with Crippen molar-refractivity contribution >= 4 is 23.0 Å². The molecular formula is C21H26N4O4. The molecule has 1 heterocycles. The van der Waals surface area contributed by atoms with Crippen molar-refractivity contribution in [2.75, 3.05) is 50.6 Å². The molecule has 0 aromatic heterocycles. The highest BCUT2D eigenvalue weighted by atomic mass is 16.6. The minimum Gasteiger partial charge on any atom is -0.485 e. The number of carbonyl (C=O) groups excluding carboxylic acids is 1. The highest BCUT2D eigenvalue weighted by Crippen LogP contribution is 2.33. The van der Waals surface area contributed by atoms with Crippen molar-refractivity contribution in [3.8, 4) is 5.75 Å². The van der Waals surface area contributed by atoms with Gasteiger partial charge in [0.15, 0.2) is 0 Å². The van der Waals surface area contributed by atoms with E-state index in [-0.39, 0.29) is 17.7 Å². The van der Waals surface area contributed by atoms with Crippen molar-refractivity contribution in [1.29, 1.82) is 0 Å². The van der Waals surface area contributed by atoms with Gasteiger partial charge in [0.2, 0.25) is 0 Å². The van der Waals surface area contributed by atoms with Gasteiger partial charge in [-0.15, -0.1) is 0 Å². The van der Waals surface area contributed by atoms with E-state index in [9.17, 15) is 14.9 Å². The van der Waals surface area contributed by atoms with Gasteiger partial charge in [0.1, 0.15) is 11.9 Å². The van der Waals surface area contributed by atoms with Gasteiger partial charge < -0.3 is 19.4 Å². The zero-order valence-corrected chi connectivity index (χ0v) is 17.2. The third-order valence-corrected chi connectivity index (χ3v) is 5.03. The number of nitro groups is 1. The molecule has 1 aliphatic heterocycles. The van der Waals surface area contributed by atoms with Crippen LogP contribution in [-0.2, 0) is 0 Å². The lowest BCUT2D eigenvalue weighted by atomic mass is 10.1. The number of amides is 1. The molecule has 1 amide bonds. The zero-order valence-electron chi connectivity index (χ0n) is 17.2. The van der Waals surface area contributed by atoms with Gasteiger partial charge in [0.05, 0.1) is 29.3 Å². The van der Waals surface area contributed by atoms with Crippen LogP contribution in [0.5, 0.6) is 5.75 Å². The van der Waals surface area contributed by atoms with Gasteiger partial charge in [0.25, 0.3) is 11.6 Å². The van der Waals surface area contributed by atoms with Crippen LogP contribution in [0.3, 0.4) is 0 Å². The van der Waals surface area contributed by atoms with Crippen LogP contribution >= 0.6 is 0 Å². The van der Waals surface area contributed by atoms with Crippen LogP contribution in [0, 0.1) is 10.1 Å². The number of carbonyl (C=O) groups is 1. The number of fused-ring (bicyclic) bond motifs is 1. The predicted octanol–water partition coefficient (Wildman–Crippen LogP) is 3.02. The van der Waals surface area contributed by atoms with E-state index in [0.717, 1.165) is 18.0 Å². The van der Waals surface area contributed by atoms with Gasteiger partial charge in [-0.2, -0.15) is 0 Å². The summed E-state index contributed by atoms with van der Waals surface area (Å²) in [5.41, 5.74) is 1.88. The Bertz CT molecular complexity index is 915. The van der Waals surface area contributed by atoms with Gasteiger partial charge in [-0.1, -0.05) is 12.1 Å². The van der Waals surface area contributed by atoms with Crippen molar-refractivity contribution in [2.24, 2.45) is 0 Å². The smallest absolute Gasteiger partial charge is 0.270 e. The Morgan fingerprint density at radius 2 is 1.97 bits per heavy atom. The Labute approximate surface area is 170 Å². The molecule has 154 valence electrons. The molecule has 0 N–H and O–H groups in total. The summed E-state index contributed by atoms with van der Waals surface area (Å²) in [4.78, 5) is 29.4. The second-order valence-corrected chi connectivity index (χ2v) is 7.28. The van der Waals surface area contributed by atoms with Gasteiger partial charge in [0, 0.05) is 45.5 Å². The number of nitro benzene ring substituents is 1. The van der Waals surface area contributed by atoms with Crippen LogP contribution in [-0.4, -0.2) is 62.6 Å². The summed E-state index contributed by atoms with van der Waals surface area (Å²) in [5.74, 6) is 0.527. The summed E-state index contributed by atoms with van der Waals surface area (Å²) in [6, 6.07) is 12.2. The molecule has 0 bridgehead atoms. The lowest BCUT2D eigenvalue weighted by Crippen LogP contribution is -2.47. The van der Waals surface area contributed by atoms with Crippen molar-refractivity contribution in [2.45, 2.75) is 13.0 Å². The molecule has 1 atom stereocenters. The number of hydrogen-bond donors (Lipinski definition) is 0. The third-order valence-electron chi connectivity index (χ3n) is 5.03.